The van der Waals surface area contributed by atoms with Gasteiger partial charge in [0.15, 0.2) is 0 Å². The molecule has 1 amide bonds. The molecule has 0 aliphatic carbocycles. The zero-order valence-corrected chi connectivity index (χ0v) is 24.9. The summed E-state index contributed by atoms with van der Waals surface area (Å²) in [5.74, 6) is 0.309. The van der Waals surface area contributed by atoms with E-state index in [1.165, 1.54) is 4.68 Å². The van der Waals surface area contributed by atoms with Crippen LogP contribution in [0.3, 0.4) is 0 Å². The van der Waals surface area contributed by atoms with Crippen LogP contribution in [-0.2, 0) is 7.05 Å². The highest BCUT2D eigenvalue weighted by Gasteiger charge is 2.22. The average molecular weight is 599 g/mol. The molecule has 0 saturated heterocycles. The quantitative estimate of drug-likeness (QED) is 0.222. The van der Waals surface area contributed by atoms with E-state index in [-0.39, 0.29) is 18.0 Å². The van der Waals surface area contributed by atoms with Crippen LogP contribution < -0.4 is 21.3 Å². The van der Waals surface area contributed by atoms with Crippen LogP contribution in [0.2, 0.25) is 5.02 Å². The van der Waals surface area contributed by atoms with Crippen LogP contribution in [0.5, 0.6) is 5.75 Å². The van der Waals surface area contributed by atoms with Crippen molar-refractivity contribution in [2.24, 2.45) is 7.05 Å². The van der Waals surface area contributed by atoms with Gasteiger partial charge in [0.2, 0.25) is 0 Å². The van der Waals surface area contributed by atoms with Crippen LogP contribution in [0.1, 0.15) is 29.9 Å². The van der Waals surface area contributed by atoms with E-state index in [0.717, 1.165) is 5.56 Å². The van der Waals surface area contributed by atoms with Gasteiger partial charge in [0, 0.05) is 28.9 Å². The van der Waals surface area contributed by atoms with Crippen LogP contribution in [0.4, 0.5) is 11.5 Å². The number of carbonyl (C=O) groups is 1. The molecule has 2 aromatic heterocycles. The highest BCUT2D eigenvalue weighted by Crippen LogP contribution is 2.29. The standard InChI is InChI=1S/C32H31ClN6O4/c1-19-27(31(41)39(38(19)4)24-9-6-8-22(33)16-24)30(40)36-23-13-11-20(12-14-23)28-29(34)35-17-26(37-28)21-7-5-10-25(15-21)43-18-32(2,3)42/h5-17,42H,18H2,1-4H3,(H2,34,35)(H,36,40). The number of halogens is 1. The van der Waals surface area contributed by atoms with Gasteiger partial charge in [-0.15, -0.1) is 0 Å². The average Bonchev–Trinajstić information content (AvgIpc) is 3.19. The first-order valence-corrected chi connectivity index (χ1v) is 13.8. The van der Waals surface area contributed by atoms with Gasteiger partial charge >= 0.3 is 0 Å². The lowest BCUT2D eigenvalue weighted by Crippen LogP contribution is -2.27. The zero-order valence-electron chi connectivity index (χ0n) is 24.1. The second-order valence-corrected chi connectivity index (χ2v) is 11.2. The van der Waals surface area contributed by atoms with Crippen molar-refractivity contribution in [1.82, 2.24) is 19.3 Å². The fraction of sp³-hybridized carbons (Fsp3) is 0.188. The Morgan fingerprint density at radius 2 is 1.79 bits per heavy atom. The maximum absolute atomic E-state index is 13.3. The molecule has 10 nitrogen and oxygen atoms in total. The molecule has 11 heteroatoms. The summed E-state index contributed by atoms with van der Waals surface area (Å²) in [6, 6.07) is 21.2. The third kappa shape index (κ3) is 6.45. The first-order valence-electron chi connectivity index (χ1n) is 13.5. The number of anilines is 2. The number of ether oxygens (including phenoxy) is 1. The van der Waals surface area contributed by atoms with Gasteiger partial charge in [-0.1, -0.05) is 41.9 Å². The maximum Gasteiger partial charge on any atom is 0.284 e. The van der Waals surface area contributed by atoms with Gasteiger partial charge in [-0.2, -0.15) is 0 Å². The van der Waals surface area contributed by atoms with Gasteiger partial charge < -0.3 is 20.9 Å². The van der Waals surface area contributed by atoms with Crippen LogP contribution in [-0.4, -0.2) is 42.6 Å². The molecule has 0 unspecified atom stereocenters. The molecule has 0 bridgehead atoms. The van der Waals surface area contributed by atoms with Gasteiger partial charge in [0.1, 0.15) is 29.4 Å². The van der Waals surface area contributed by atoms with Crippen LogP contribution in [0.25, 0.3) is 28.2 Å². The van der Waals surface area contributed by atoms with E-state index in [1.807, 2.05) is 18.2 Å². The summed E-state index contributed by atoms with van der Waals surface area (Å²) in [7, 11) is 1.71. The lowest BCUT2D eigenvalue weighted by Gasteiger charge is -2.18. The highest BCUT2D eigenvalue weighted by molar-refractivity contribution is 6.30. The third-order valence-corrected chi connectivity index (χ3v) is 7.01. The molecule has 0 fully saturated rings. The zero-order chi connectivity index (χ0) is 30.9. The number of carbonyl (C=O) groups excluding carboxylic acids is 1. The van der Waals surface area contributed by atoms with Gasteiger partial charge in [0.05, 0.1) is 28.9 Å². The summed E-state index contributed by atoms with van der Waals surface area (Å²) in [4.78, 5) is 35.6. The number of benzene rings is 3. The molecular weight excluding hydrogens is 568 g/mol. The molecule has 5 aromatic rings. The summed E-state index contributed by atoms with van der Waals surface area (Å²) in [5, 5.41) is 13.3. The first-order chi connectivity index (χ1) is 20.4. The van der Waals surface area contributed by atoms with Crippen LogP contribution in [0, 0.1) is 6.92 Å². The Morgan fingerprint density at radius 3 is 2.49 bits per heavy atom. The van der Waals surface area contributed by atoms with E-state index in [2.05, 4.69) is 10.3 Å². The van der Waals surface area contributed by atoms with Gasteiger partial charge in [-0.25, -0.2) is 14.6 Å². The molecule has 3 aromatic carbocycles. The number of nitrogen functional groups attached to an aromatic ring is 1. The van der Waals surface area contributed by atoms with Crippen LogP contribution in [0.15, 0.2) is 83.8 Å². The van der Waals surface area contributed by atoms with E-state index in [1.54, 1.807) is 93.3 Å². The molecule has 0 saturated carbocycles. The number of rotatable bonds is 8. The van der Waals surface area contributed by atoms with Crippen molar-refractivity contribution >= 4 is 29.0 Å². The lowest BCUT2D eigenvalue weighted by atomic mass is 10.1. The number of nitrogens with zero attached hydrogens (tertiary/aromatic N) is 4. The number of amides is 1. The molecule has 0 aliphatic heterocycles. The Morgan fingerprint density at radius 1 is 1.07 bits per heavy atom. The minimum Gasteiger partial charge on any atom is -0.491 e. The number of nitrogens with two attached hydrogens (primary N) is 1. The number of nitrogens with one attached hydrogen (secondary N) is 1. The molecule has 0 radical (unpaired) electrons. The molecule has 0 aliphatic rings. The smallest absolute Gasteiger partial charge is 0.284 e. The second-order valence-electron chi connectivity index (χ2n) is 10.7. The predicted molar refractivity (Wildman–Crippen MR) is 168 cm³/mol. The van der Waals surface area contributed by atoms with Crippen molar-refractivity contribution in [3.8, 4) is 34.0 Å². The predicted octanol–water partition coefficient (Wildman–Crippen LogP) is 5.25. The Kier molecular flexibility index (Phi) is 8.08. The van der Waals surface area contributed by atoms with E-state index in [0.29, 0.717) is 44.8 Å². The Labute approximate surface area is 253 Å². The Bertz CT molecular complexity index is 1870. The van der Waals surface area contributed by atoms with Crippen LogP contribution >= 0.6 is 11.6 Å². The monoisotopic (exact) mass is 598 g/mol. The molecule has 0 spiro atoms. The normalized spacial score (nSPS) is 11.4. The highest BCUT2D eigenvalue weighted by atomic mass is 35.5. The minimum atomic E-state index is -0.966. The molecule has 220 valence electrons. The SMILES string of the molecule is Cc1c(C(=O)Nc2ccc(-c3nc(-c4cccc(OCC(C)(C)O)c4)cnc3N)cc2)c(=O)n(-c2cccc(Cl)c2)n1C. The number of aromatic nitrogens is 4. The van der Waals surface area contributed by atoms with E-state index in [9.17, 15) is 14.7 Å². The molecular formula is C32H31ClN6O4. The summed E-state index contributed by atoms with van der Waals surface area (Å²) in [5.41, 5.74) is 8.88. The van der Waals surface area contributed by atoms with Crippen molar-refractivity contribution in [2.45, 2.75) is 26.4 Å². The third-order valence-electron chi connectivity index (χ3n) is 6.77. The topological polar surface area (TPSA) is 137 Å². The van der Waals surface area contributed by atoms with Crippen molar-refractivity contribution in [1.29, 1.82) is 0 Å². The molecule has 2 heterocycles. The molecule has 5 rings (SSSR count). The summed E-state index contributed by atoms with van der Waals surface area (Å²) in [6.07, 6.45) is 1.58. The first kappa shape index (κ1) is 29.6. The molecule has 4 N–H and O–H groups in total. The van der Waals surface area contributed by atoms with Crippen molar-refractivity contribution in [3.05, 3.63) is 106 Å². The van der Waals surface area contributed by atoms with Gasteiger partial charge in [-0.05, 0) is 63.2 Å². The van der Waals surface area contributed by atoms with Gasteiger partial charge in [-0.3, -0.25) is 14.3 Å². The maximum atomic E-state index is 13.3. The molecule has 43 heavy (non-hydrogen) atoms. The largest absolute Gasteiger partial charge is 0.491 e. The summed E-state index contributed by atoms with van der Waals surface area (Å²) >= 11 is 6.12. The van der Waals surface area contributed by atoms with Crippen molar-refractivity contribution in [3.63, 3.8) is 0 Å². The van der Waals surface area contributed by atoms with E-state index in [4.69, 9.17) is 27.1 Å². The summed E-state index contributed by atoms with van der Waals surface area (Å²) < 4.78 is 8.74. The number of hydrogen-bond donors (Lipinski definition) is 3. The minimum absolute atomic E-state index is 0.0307. The fourth-order valence-electron chi connectivity index (χ4n) is 4.53. The van der Waals surface area contributed by atoms with Crippen molar-refractivity contribution < 1.29 is 14.6 Å². The molecule has 0 atom stereocenters. The Hall–Kier alpha value is -4.93. The summed E-state index contributed by atoms with van der Waals surface area (Å²) in [6.45, 7) is 5.20. The van der Waals surface area contributed by atoms with Crippen molar-refractivity contribution in [2.75, 3.05) is 17.7 Å². The number of aliphatic hydroxyl groups is 1. The van der Waals surface area contributed by atoms with E-state index >= 15 is 0 Å². The van der Waals surface area contributed by atoms with Gasteiger partial charge in [0.25, 0.3) is 11.5 Å². The van der Waals surface area contributed by atoms with E-state index < -0.39 is 17.1 Å². The Balaban J connectivity index is 1.37. The second kappa shape index (κ2) is 11.7. The fourth-order valence-corrected chi connectivity index (χ4v) is 4.71. The lowest BCUT2D eigenvalue weighted by molar-refractivity contribution is 0.0285. The number of hydrogen-bond acceptors (Lipinski definition) is 7.